The third-order valence-corrected chi connectivity index (χ3v) is 3.42. The third kappa shape index (κ3) is 4.35. The number of carbonyl (C=O) groups excluding carboxylic acids is 1. The first kappa shape index (κ1) is 18.0. The average Bonchev–Trinajstić information content (AvgIpc) is 2.64. The summed E-state index contributed by atoms with van der Waals surface area (Å²) in [4.78, 5) is 12.1. The molecule has 0 saturated heterocycles. The molecule has 0 saturated carbocycles. The predicted molar refractivity (Wildman–Crippen MR) is 100 cm³/mol. The quantitative estimate of drug-likeness (QED) is 0.499. The maximum absolute atomic E-state index is 12.1. The first-order valence-corrected chi connectivity index (χ1v) is 7.98. The normalized spacial score (nSPS) is 10.3. The molecule has 5 nitrogen and oxygen atoms in total. The van der Waals surface area contributed by atoms with E-state index in [4.69, 9.17) is 0 Å². The molecule has 0 bridgehead atoms. The van der Waals surface area contributed by atoms with Crippen LogP contribution in [-0.4, -0.2) is 22.3 Å². The van der Waals surface area contributed by atoms with Crippen molar-refractivity contribution in [2.24, 2.45) is 5.10 Å². The predicted octanol–water partition coefficient (Wildman–Crippen LogP) is 4.04. The molecular weight excluding hydrogens is 316 g/mol. The molecule has 0 heterocycles. The molecule has 3 N–H and O–H groups in total. The van der Waals surface area contributed by atoms with Crippen molar-refractivity contribution in [3.8, 4) is 11.5 Å². The number of para-hydroxylation sites is 1. The van der Waals surface area contributed by atoms with Crippen molar-refractivity contribution in [1.82, 2.24) is 5.43 Å². The number of hydrogen-bond acceptors (Lipinski definition) is 4. The Hall–Kier alpha value is -3.34. The van der Waals surface area contributed by atoms with Crippen LogP contribution >= 0.6 is 0 Å². The maximum atomic E-state index is 12.1. The van der Waals surface area contributed by atoms with Gasteiger partial charge in [0.1, 0.15) is 11.5 Å². The first-order chi connectivity index (χ1) is 12.1. The second-order valence-corrected chi connectivity index (χ2v) is 4.97. The van der Waals surface area contributed by atoms with E-state index in [9.17, 15) is 15.0 Å². The molecule has 3 aromatic carbocycles. The SMILES string of the molecule is CC.O=C(N/N=C/c1ccccc1O)c1cc2ccccc2cc1O. The standard InChI is InChI=1S/C18H14N2O3.C2H6/c21-16-8-4-3-7-14(16)11-19-20-18(23)15-9-12-5-1-2-6-13(12)10-17(15)22;1-2/h1-11,21-22H,(H,20,23);1-2H3/b19-11+;. The molecular formula is C20H20N2O3. The molecule has 1 amide bonds. The zero-order valence-corrected chi connectivity index (χ0v) is 14.1. The highest BCUT2D eigenvalue weighted by Gasteiger charge is 2.11. The van der Waals surface area contributed by atoms with Crippen molar-refractivity contribution in [2.75, 3.05) is 0 Å². The van der Waals surface area contributed by atoms with Crippen molar-refractivity contribution < 1.29 is 15.0 Å². The van der Waals surface area contributed by atoms with Gasteiger partial charge in [-0.05, 0) is 35.0 Å². The topological polar surface area (TPSA) is 81.9 Å². The molecule has 0 aromatic heterocycles. The molecule has 0 spiro atoms. The highest BCUT2D eigenvalue weighted by molar-refractivity contribution is 6.01. The van der Waals surface area contributed by atoms with Crippen LogP contribution in [0.25, 0.3) is 10.8 Å². The number of benzene rings is 3. The lowest BCUT2D eigenvalue weighted by Gasteiger charge is -2.05. The van der Waals surface area contributed by atoms with Crippen molar-refractivity contribution >= 4 is 22.9 Å². The summed E-state index contributed by atoms with van der Waals surface area (Å²) in [5.74, 6) is -0.571. The van der Waals surface area contributed by atoms with Gasteiger partial charge in [0, 0.05) is 5.56 Å². The van der Waals surface area contributed by atoms with Crippen LogP contribution in [0.15, 0.2) is 65.8 Å². The van der Waals surface area contributed by atoms with Crippen molar-refractivity contribution in [3.63, 3.8) is 0 Å². The fraction of sp³-hybridized carbons (Fsp3) is 0.100. The van der Waals surface area contributed by atoms with Crippen LogP contribution in [0, 0.1) is 0 Å². The Morgan fingerprint density at radius 3 is 2.20 bits per heavy atom. The van der Waals surface area contributed by atoms with E-state index < -0.39 is 5.91 Å². The van der Waals surface area contributed by atoms with Crippen molar-refractivity contribution in [3.05, 3.63) is 71.8 Å². The maximum Gasteiger partial charge on any atom is 0.275 e. The van der Waals surface area contributed by atoms with Gasteiger partial charge in [0.25, 0.3) is 5.91 Å². The van der Waals surface area contributed by atoms with Gasteiger partial charge in [-0.15, -0.1) is 0 Å². The summed E-state index contributed by atoms with van der Waals surface area (Å²) >= 11 is 0. The van der Waals surface area contributed by atoms with Gasteiger partial charge >= 0.3 is 0 Å². The summed E-state index contributed by atoms with van der Waals surface area (Å²) < 4.78 is 0. The average molecular weight is 336 g/mol. The van der Waals surface area contributed by atoms with Crippen LogP contribution in [0.4, 0.5) is 0 Å². The van der Waals surface area contributed by atoms with Gasteiger partial charge in [0.05, 0.1) is 11.8 Å². The van der Waals surface area contributed by atoms with Gasteiger partial charge in [-0.2, -0.15) is 5.10 Å². The molecule has 0 unspecified atom stereocenters. The number of rotatable bonds is 3. The van der Waals surface area contributed by atoms with Crippen LogP contribution in [0.1, 0.15) is 29.8 Å². The molecule has 0 aliphatic rings. The third-order valence-electron chi connectivity index (χ3n) is 3.42. The van der Waals surface area contributed by atoms with Gasteiger partial charge < -0.3 is 10.2 Å². The molecule has 25 heavy (non-hydrogen) atoms. The Balaban J connectivity index is 0.00000109. The first-order valence-electron chi connectivity index (χ1n) is 7.98. The molecule has 0 aliphatic heterocycles. The second kappa shape index (κ2) is 8.49. The van der Waals surface area contributed by atoms with E-state index in [1.165, 1.54) is 18.3 Å². The summed E-state index contributed by atoms with van der Waals surface area (Å²) in [6.45, 7) is 4.00. The number of hydrogen-bond donors (Lipinski definition) is 3. The molecule has 0 radical (unpaired) electrons. The van der Waals surface area contributed by atoms with E-state index in [1.807, 2.05) is 38.1 Å². The van der Waals surface area contributed by atoms with Crippen molar-refractivity contribution in [1.29, 1.82) is 0 Å². The molecule has 0 atom stereocenters. The highest BCUT2D eigenvalue weighted by atomic mass is 16.3. The van der Waals surface area contributed by atoms with Gasteiger partial charge in [0.2, 0.25) is 0 Å². The smallest absolute Gasteiger partial charge is 0.275 e. The van der Waals surface area contributed by atoms with E-state index in [2.05, 4.69) is 10.5 Å². The van der Waals surface area contributed by atoms with E-state index in [0.717, 1.165) is 10.8 Å². The minimum absolute atomic E-state index is 0.0686. The monoisotopic (exact) mass is 336 g/mol. The van der Waals surface area contributed by atoms with Crippen LogP contribution in [0.3, 0.4) is 0 Å². The number of nitrogens with zero attached hydrogens (tertiary/aromatic N) is 1. The largest absolute Gasteiger partial charge is 0.507 e. The number of phenols is 2. The Bertz CT molecular complexity index is 904. The lowest BCUT2D eigenvalue weighted by atomic mass is 10.1. The number of fused-ring (bicyclic) bond motifs is 1. The van der Waals surface area contributed by atoms with Gasteiger partial charge in [-0.3, -0.25) is 4.79 Å². The van der Waals surface area contributed by atoms with Crippen LogP contribution in [0.2, 0.25) is 0 Å². The lowest BCUT2D eigenvalue weighted by molar-refractivity contribution is 0.0952. The summed E-state index contributed by atoms with van der Waals surface area (Å²) in [6.07, 6.45) is 1.34. The Kier molecular flexibility index (Phi) is 6.12. The van der Waals surface area contributed by atoms with Crippen molar-refractivity contribution in [2.45, 2.75) is 13.8 Å². The highest BCUT2D eigenvalue weighted by Crippen LogP contribution is 2.24. The molecule has 5 heteroatoms. The summed E-state index contributed by atoms with van der Waals surface area (Å²) in [7, 11) is 0. The van der Waals surface area contributed by atoms with Crippen LogP contribution < -0.4 is 5.43 Å². The minimum atomic E-state index is -0.528. The zero-order valence-electron chi connectivity index (χ0n) is 14.1. The Labute approximate surface area is 146 Å². The Morgan fingerprint density at radius 1 is 0.920 bits per heavy atom. The van der Waals surface area contributed by atoms with Crippen LogP contribution in [0.5, 0.6) is 11.5 Å². The summed E-state index contributed by atoms with van der Waals surface area (Å²) in [5.41, 5.74) is 2.96. The molecule has 3 aromatic rings. The second-order valence-electron chi connectivity index (χ2n) is 4.97. The number of hydrazone groups is 1. The van der Waals surface area contributed by atoms with E-state index in [-0.39, 0.29) is 17.1 Å². The van der Waals surface area contributed by atoms with Gasteiger partial charge in [0.15, 0.2) is 0 Å². The van der Waals surface area contributed by atoms with E-state index >= 15 is 0 Å². The number of aromatic hydroxyl groups is 2. The zero-order chi connectivity index (χ0) is 18.2. The number of nitrogens with one attached hydrogen (secondary N) is 1. The number of amides is 1. The fourth-order valence-electron chi connectivity index (χ4n) is 2.23. The molecule has 3 rings (SSSR count). The van der Waals surface area contributed by atoms with E-state index in [0.29, 0.717) is 5.56 Å². The molecule has 0 aliphatic carbocycles. The fourth-order valence-corrected chi connectivity index (χ4v) is 2.23. The van der Waals surface area contributed by atoms with Gasteiger partial charge in [-0.1, -0.05) is 50.2 Å². The summed E-state index contributed by atoms with van der Waals surface area (Å²) in [5, 5.41) is 25.1. The van der Waals surface area contributed by atoms with Crippen LogP contribution in [-0.2, 0) is 0 Å². The Morgan fingerprint density at radius 2 is 1.52 bits per heavy atom. The molecule has 0 fully saturated rings. The van der Waals surface area contributed by atoms with E-state index in [1.54, 1.807) is 24.3 Å². The number of carbonyl (C=O) groups is 1. The minimum Gasteiger partial charge on any atom is -0.507 e. The molecule has 128 valence electrons. The number of phenolic OH excluding ortho intramolecular Hbond substituents is 2. The summed E-state index contributed by atoms with van der Waals surface area (Å²) in [6, 6.07) is 17.2. The van der Waals surface area contributed by atoms with Gasteiger partial charge in [-0.25, -0.2) is 5.43 Å². The lowest BCUT2D eigenvalue weighted by Crippen LogP contribution is -2.17.